The Bertz CT molecular complexity index is 1500. The summed E-state index contributed by atoms with van der Waals surface area (Å²) in [4.78, 5) is 17.9. The lowest BCUT2D eigenvalue weighted by Gasteiger charge is -2.13. The van der Waals surface area contributed by atoms with Crippen LogP contribution in [0.2, 0.25) is 0 Å². The van der Waals surface area contributed by atoms with E-state index in [0.717, 1.165) is 35.2 Å². The second-order valence-corrected chi connectivity index (χ2v) is 8.65. The first-order valence-corrected chi connectivity index (χ1v) is 11.5. The molecule has 162 valence electrons. The van der Waals surface area contributed by atoms with E-state index < -0.39 is 0 Å². The van der Waals surface area contributed by atoms with Gasteiger partial charge in [-0.25, -0.2) is 4.57 Å². The first kappa shape index (κ1) is 20.4. The Morgan fingerprint density at radius 3 is 2.78 bits per heavy atom. The van der Waals surface area contributed by atoms with Crippen LogP contribution < -0.4 is 5.56 Å². The van der Waals surface area contributed by atoms with E-state index in [1.54, 1.807) is 4.57 Å². The number of fused-ring (bicyclic) bond motifs is 3. The zero-order chi connectivity index (χ0) is 22.2. The standard InChI is InChI=1S/C23H22N6O2S/c1-4-7-19-24-20(31-27-19)13-32-23-26-25-22-28(18-12-14(2)10-11-15(18)3)21(30)16-8-5-6-9-17(16)29(22)23/h5-6,8-12H,4,7,13H2,1-3H3. The number of hydrogen-bond donors (Lipinski definition) is 0. The third-order valence-corrected chi connectivity index (χ3v) is 6.22. The molecule has 5 aromatic rings. The lowest BCUT2D eigenvalue weighted by Crippen LogP contribution is -2.22. The van der Waals surface area contributed by atoms with E-state index in [1.165, 1.54) is 11.8 Å². The molecule has 3 heterocycles. The Hall–Kier alpha value is -3.46. The zero-order valence-corrected chi connectivity index (χ0v) is 18.9. The molecule has 0 saturated heterocycles. The average Bonchev–Trinajstić information content (AvgIpc) is 3.42. The van der Waals surface area contributed by atoms with Gasteiger partial charge in [-0.3, -0.25) is 9.20 Å². The number of hydrogen-bond acceptors (Lipinski definition) is 7. The minimum Gasteiger partial charge on any atom is -0.338 e. The van der Waals surface area contributed by atoms with Crippen molar-refractivity contribution in [3.63, 3.8) is 0 Å². The largest absolute Gasteiger partial charge is 0.338 e. The van der Waals surface area contributed by atoms with Crippen LogP contribution in [-0.4, -0.2) is 29.3 Å². The van der Waals surface area contributed by atoms with Gasteiger partial charge in [-0.2, -0.15) is 4.98 Å². The van der Waals surface area contributed by atoms with Gasteiger partial charge in [-0.15, -0.1) is 10.2 Å². The third-order valence-electron chi connectivity index (χ3n) is 5.31. The van der Waals surface area contributed by atoms with Crippen LogP contribution in [0.1, 0.15) is 36.2 Å². The number of aryl methyl sites for hydroxylation is 3. The summed E-state index contributed by atoms with van der Waals surface area (Å²) in [7, 11) is 0. The highest BCUT2D eigenvalue weighted by atomic mass is 32.2. The Morgan fingerprint density at radius 1 is 1.09 bits per heavy atom. The Morgan fingerprint density at radius 2 is 1.94 bits per heavy atom. The molecular formula is C23H22N6O2S. The molecule has 0 aliphatic carbocycles. The molecule has 2 aromatic carbocycles. The van der Waals surface area contributed by atoms with Gasteiger partial charge in [0.25, 0.3) is 5.56 Å². The summed E-state index contributed by atoms with van der Waals surface area (Å²) in [6, 6.07) is 13.6. The summed E-state index contributed by atoms with van der Waals surface area (Å²) in [6.07, 6.45) is 1.75. The Kier molecular flexibility index (Phi) is 5.26. The quantitative estimate of drug-likeness (QED) is 0.360. The maximum absolute atomic E-state index is 13.5. The topological polar surface area (TPSA) is 91.1 Å². The van der Waals surface area contributed by atoms with Gasteiger partial charge in [0.2, 0.25) is 11.7 Å². The minimum atomic E-state index is -0.119. The molecule has 0 aliphatic rings. The van der Waals surface area contributed by atoms with Crippen molar-refractivity contribution in [3.8, 4) is 5.69 Å². The van der Waals surface area contributed by atoms with Gasteiger partial charge in [0.05, 0.1) is 22.3 Å². The van der Waals surface area contributed by atoms with E-state index in [1.807, 2.05) is 60.7 Å². The van der Waals surface area contributed by atoms with E-state index >= 15 is 0 Å². The first-order valence-electron chi connectivity index (χ1n) is 10.5. The van der Waals surface area contributed by atoms with Gasteiger partial charge in [0, 0.05) is 6.42 Å². The van der Waals surface area contributed by atoms with Gasteiger partial charge in [-0.1, -0.05) is 48.1 Å². The van der Waals surface area contributed by atoms with Gasteiger partial charge in [0.1, 0.15) is 0 Å². The lowest BCUT2D eigenvalue weighted by molar-refractivity contribution is 0.384. The summed E-state index contributed by atoms with van der Waals surface area (Å²) >= 11 is 1.45. The van der Waals surface area contributed by atoms with Crippen LogP contribution in [0.3, 0.4) is 0 Å². The van der Waals surface area contributed by atoms with Crippen molar-refractivity contribution in [2.75, 3.05) is 0 Å². The van der Waals surface area contributed by atoms with Crippen LogP contribution in [0.25, 0.3) is 22.4 Å². The molecule has 32 heavy (non-hydrogen) atoms. The number of para-hydroxylation sites is 1. The minimum absolute atomic E-state index is 0.119. The van der Waals surface area contributed by atoms with Crippen LogP contribution in [-0.2, 0) is 12.2 Å². The van der Waals surface area contributed by atoms with Crippen LogP contribution in [0.15, 0.2) is 56.9 Å². The summed E-state index contributed by atoms with van der Waals surface area (Å²) in [6.45, 7) is 6.07. The number of benzene rings is 2. The van der Waals surface area contributed by atoms with Crippen molar-refractivity contribution >= 4 is 28.4 Å². The molecule has 0 amide bonds. The number of thioether (sulfide) groups is 1. The highest BCUT2D eigenvalue weighted by Gasteiger charge is 2.19. The van der Waals surface area contributed by atoms with Gasteiger partial charge in [-0.05, 0) is 49.6 Å². The van der Waals surface area contributed by atoms with Gasteiger partial charge in [0.15, 0.2) is 11.0 Å². The smallest absolute Gasteiger partial charge is 0.267 e. The average molecular weight is 447 g/mol. The highest BCUT2D eigenvalue weighted by Crippen LogP contribution is 2.26. The maximum Gasteiger partial charge on any atom is 0.267 e. The molecule has 0 N–H and O–H groups in total. The lowest BCUT2D eigenvalue weighted by atomic mass is 10.1. The first-order chi connectivity index (χ1) is 15.6. The zero-order valence-electron chi connectivity index (χ0n) is 18.1. The summed E-state index contributed by atoms with van der Waals surface area (Å²) in [5, 5.41) is 14.1. The molecule has 9 heteroatoms. The van der Waals surface area contributed by atoms with Crippen molar-refractivity contribution in [3.05, 3.63) is 75.7 Å². The molecule has 0 bridgehead atoms. The molecule has 5 rings (SSSR count). The summed E-state index contributed by atoms with van der Waals surface area (Å²) < 4.78 is 8.93. The van der Waals surface area contributed by atoms with Crippen LogP contribution >= 0.6 is 11.8 Å². The summed E-state index contributed by atoms with van der Waals surface area (Å²) in [5.41, 5.74) is 3.50. The second kappa shape index (κ2) is 8.23. The molecule has 0 fully saturated rings. The van der Waals surface area contributed by atoms with Gasteiger partial charge < -0.3 is 4.52 Å². The van der Waals surface area contributed by atoms with Crippen molar-refractivity contribution in [2.45, 2.75) is 44.5 Å². The molecule has 0 aliphatic heterocycles. The predicted molar refractivity (Wildman–Crippen MR) is 123 cm³/mol. The highest BCUT2D eigenvalue weighted by molar-refractivity contribution is 7.98. The van der Waals surface area contributed by atoms with E-state index in [2.05, 4.69) is 27.3 Å². The van der Waals surface area contributed by atoms with E-state index in [4.69, 9.17) is 4.52 Å². The SMILES string of the molecule is CCCc1noc(CSc2nnc3n(-c4cc(C)ccc4C)c(=O)c4ccccc4n23)n1. The van der Waals surface area contributed by atoms with E-state index in [-0.39, 0.29) is 5.56 Å². The Labute approximate surface area is 188 Å². The number of aromatic nitrogens is 6. The fourth-order valence-electron chi connectivity index (χ4n) is 3.75. The maximum atomic E-state index is 13.5. The van der Waals surface area contributed by atoms with Crippen LogP contribution in [0.5, 0.6) is 0 Å². The monoisotopic (exact) mass is 446 g/mol. The van der Waals surface area contributed by atoms with Crippen molar-refractivity contribution in [1.82, 2.24) is 29.3 Å². The normalized spacial score (nSPS) is 11.6. The van der Waals surface area contributed by atoms with E-state index in [0.29, 0.717) is 33.8 Å². The fourth-order valence-corrected chi connectivity index (χ4v) is 4.53. The third kappa shape index (κ3) is 3.48. The second-order valence-electron chi connectivity index (χ2n) is 7.71. The summed E-state index contributed by atoms with van der Waals surface area (Å²) in [5.74, 6) is 2.20. The van der Waals surface area contributed by atoms with Crippen molar-refractivity contribution in [2.24, 2.45) is 0 Å². The molecule has 0 unspecified atom stereocenters. The molecule has 0 spiro atoms. The molecule has 0 atom stereocenters. The Balaban J connectivity index is 1.67. The predicted octanol–water partition coefficient (Wildman–Crippen LogP) is 4.28. The molecule has 0 radical (unpaired) electrons. The van der Waals surface area contributed by atoms with Crippen LogP contribution in [0.4, 0.5) is 0 Å². The number of nitrogens with zero attached hydrogens (tertiary/aromatic N) is 6. The van der Waals surface area contributed by atoms with Gasteiger partial charge >= 0.3 is 0 Å². The molecular weight excluding hydrogens is 424 g/mol. The molecule has 3 aromatic heterocycles. The number of rotatable bonds is 6. The van der Waals surface area contributed by atoms with Crippen molar-refractivity contribution in [1.29, 1.82) is 0 Å². The molecule has 0 saturated carbocycles. The van der Waals surface area contributed by atoms with Crippen molar-refractivity contribution < 1.29 is 4.52 Å². The van der Waals surface area contributed by atoms with Crippen LogP contribution in [0, 0.1) is 13.8 Å². The molecule has 8 nitrogen and oxygen atoms in total. The fraction of sp³-hybridized carbons (Fsp3) is 0.261. The van der Waals surface area contributed by atoms with E-state index in [9.17, 15) is 4.79 Å².